The first-order chi connectivity index (χ1) is 21.5. The fourth-order valence-corrected chi connectivity index (χ4v) is 9.53. The molecule has 1 unspecified atom stereocenters. The van der Waals surface area contributed by atoms with Crippen LogP contribution in [0.5, 0.6) is 28.7 Å². The van der Waals surface area contributed by atoms with Crippen molar-refractivity contribution in [2.45, 2.75) is 6.92 Å². The third kappa shape index (κ3) is 9.31. The van der Waals surface area contributed by atoms with Gasteiger partial charge in [-0.3, -0.25) is 0 Å². The summed E-state index contributed by atoms with van der Waals surface area (Å²) >= 11 is 0. The van der Waals surface area contributed by atoms with Crippen LogP contribution in [-0.2, 0) is 0 Å². The van der Waals surface area contributed by atoms with E-state index in [0.717, 1.165) is 0 Å². The number of para-hydroxylation sites is 5. The van der Waals surface area contributed by atoms with Gasteiger partial charge >= 0.3 is 23.5 Å². The SMILES string of the molecule is CCN=P(N=P(O)(N=[P+](Oc1ccccc1)Oc1ccccc1)Oc1ccccc1)(Oc1ccccc1)Oc1ccccc1. The maximum atomic E-state index is 12.3. The topological polar surface area (TPSA) is 103 Å². The quantitative estimate of drug-likeness (QED) is 0.128. The zero-order valence-corrected chi connectivity index (χ0v) is 26.5. The van der Waals surface area contributed by atoms with E-state index >= 15 is 0 Å². The Bertz CT molecular complexity index is 1660. The average Bonchev–Trinajstić information content (AvgIpc) is 3.03. The molecule has 0 fully saturated rings. The summed E-state index contributed by atoms with van der Waals surface area (Å²) in [5.74, 6) is 2.22. The molecular weight excluding hydrogens is 615 g/mol. The van der Waals surface area contributed by atoms with Gasteiger partial charge in [0, 0.05) is 6.54 Å². The molecule has 0 spiro atoms. The van der Waals surface area contributed by atoms with E-state index in [1.54, 1.807) is 72.8 Å². The Morgan fingerprint density at radius 3 is 1.23 bits per heavy atom. The molecule has 0 amide bonds. The maximum Gasteiger partial charge on any atom is 0.678 e. The van der Waals surface area contributed by atoms with Gasteiger partial charge in [0.25, 0.3) is 0 Å². The minimum absolute atomic E-state index is 0.276. The Morgan fingerprint density at radius 2 is 0.864 bits per heavy atom. The molecule has 224 valence electrons. The normalized spacial score (nSPS) is 12.1. The van der Waals surface area contributed by atoms with Gasteiger partial charge in [-0.05, 0) is 67.6 Å². The molecule has 5 aromatic carbocycles. The molecule has 44 heavy (non-hydrogen) atoms. The van der Waals surface area contributed by atoms with Crippen molar-refractivity contribution in [1.29, 1.82) is 0 Å². The van der Waals surface area contributed by atoms with Gasteiger partial charge in [-0.25, -0.2) is 13.8 Å². The zero-order valence-electron chi connectivity index (χ0n) is 23.8. The molecule has 0 saturated heterocycles. The van der Waals surface area contributed by atoms with Crippen LogP contribution in [0.15, 0.2) is 165 Å². The minimum Gasteiger partial charge on any atom is -0.420 e. The molecule has 1 N–H and O–H groups in total. The molecule has 1 atom stereocenters. The van der Waals surface area contributed by atoms with Crippen molar-refractivity contribution in [3.8, 4) is 28.7 Å². The molecule has 0 aromatic heterocycles. The third-order valence-corrected chi connectivity index (χ3v) is 11.6. The van der Waals surface area contributed by atoms with Gasteiger partial charge in [-0.1, -0.05) is 91.0 Å². The third-order valence-electron chi connectivity index (χ3n) is 5.50. The zero-order chi connectivity index (χ0) is 30.5. The van der Waals surface area contributed by atoms with Crippen molar-refractivity contribution in [2.24, 2.45) is 13.8 Å². The largest absolute Gasteiger partial charge is 0.678 e. The van der Waals surface area contributed by atoms with Crippen molar-refractivity contribution in [1.82, 2.24) is 0 Å². The molecule has 0 aliphatic carbocycles. The highest BCUT2D eigenvalue weighted by molar-refractivity contribution is 7.69. The second-order valence-electron chi connectivity index (χ2n) is 8.90. The molecular formula is C32H31N3O6P3+. The van der Waals surface area contributed by atoms with Crippen molar-refractivity contribution in [3.05, 3.63) is 152 Å². The summed E-state index contributed by atoms with van der Waals surface area (Å²) in [6.07, 6.45) is 0. The highest BCUT2D eigenvalue weighted by Crippen LogP contribution is 2.65. The predicted octanol–water partition coefficient (Wildman–Crippen LogP) is 10.8. The Morgan fingerprint density at radius 1 is 0.523 bits per heavy atom. The summed E-state index contributed by atoms with van der Waals surface area (Å²) in [4.78, 5) is 12.3. The van der Waals surface area contributed by atoms with E-state index in [2.05, 4.69) is 4.52 Å². The molecule has 0 bridgehead atoms. The van der Waals surface area contributed by atoms with E-state index in [0.29, 0.717) is 28.7 Å². The van der Waals surface area contributed by atoms with Crippen LogP contribution in [0.1, 0.15) is 6.92 Å². The van der Waals surface area contributed by atoms with E-state index in [-0.39, 0.29) is 6.54 Å². The Hall–Kier alpha value is -4.38. The Kier molecular flexibility index (Phi) is 10.9. The fraction of sp³-hybridized carbons (Fsp3) is 0.0625. The van der Waals surface area contributed by atoms with Gasteiger partial charge in [0.15, 0.2) is 11.5 Å². The first-order valence-corrected chi connectivity index (χ1v) is 17.9. The molecule has 0 saturated carbocycles. The maximum absolute atomic E-state index is 12.3. The van der Waals surface area contributed by atoms with Gasteiger partial charge in [-0.2, -0.15) is 0 Å². The Labute approximate surface area is 258 Å². The molecule has 12 heteroatoms. The summed E-state index contributed by atoms with van der Waals surface area (Å²) in [7, 11) is -10.1. The smallest absolute Gasteiger partial charge is 0.420 e. The second-order valence-corrected chi connectivity index (χ2v) is 14.0. The average molecular weight is 647 g/mol. The predicted molar refractivity (Wildman–Crippen MR) is 176 cm³/mol. The van der Waals surface area contributed by atoms with Crippen LogP contribution in [0.2, 0.25) is 0 Å². The van der Waals surface area contributed by atoms with Gasteiger partial charge in [0.2, 0.25) is 0 Å². The van der Waals surface area contributed by atoms with Gasteiger partial charge in [0.05, 0.1) is 4.52 Å². The molecule has 5 rings (SSSR count). The molecule has 0 radical (unpaired) electrons. The van der Waals surface area contributed by atoms with Crippen LogP contribution in [-0.4, -0.2) is 11.4 Å². The molecule has 0 aliphatic rings. The lowest BCUT2D eigenvalue weighted by atomic mass is 10.3. The van der Waals surface area contributed by atoms with Crippen molar-refractivity contribution < 1.29 is 27.5 Å². The molecule has 9 nitrogen and oxygen atoms in total. The van der Waals surface area contributed by atoms with Crippen LogP contribution in [0, 0.1) is 0 Å². The monoisotopic (exact) mass is 646 g/mol. The standard InChI is InChI=1S/C32H31N3O6P3/c1-2-33-44(40-31-24-14-6-15-25-31,41-32-26-16-7-17-27-32)35-43(36,39-30-22-12-5-13-23-30)34-42(37-28-18-8-3-9-19-28)38-29-20-10-4-11-21-29/h3-27,36H,2H2,1H3/q+1. The summed E-state index contributed by atoms with van der Waals surface area (Å²) in [5, 5.41) is 0. The number of nitrogens with zero attached hydrogens (tertiary/aromatic N) is 3. The van der Waals surface area contributed by atoms with Crippen molar-refractivity contribution in [2.75, 3.05) is 6.54 Å². The highest BCUT2D eigenvalue weighted by atomic mass is 31.2. The first-order valence-electron chi connectivity index (χ1n) is 13.7. The number of hydrogen-bond donors (Lipinski definition) is 1. The van der Waals surface area contributed by atoms with E-state index in [1.807, 2.05) is 85.8 Å². The lowest BCUT2D eigenvalue weighted by Gasteiger charge is -2.23. The summed E-state index contributed by atoms with van der Waals surface area (Å²) < 4.78 is 45.5. The highest BCUT2D eigenvalue weighted by Gasteiger charge is 2.39. The van der Waals surface area contributed by atoms with Gasteiger partial charge in [-0.15, -0.1) is 4.52 Å². The van der Waals surface area contributed by atoms with Crippen LogP contribution >= 0.6 is 23.5 Å². The van der Waals surface area contributed by atoms with E-state index in [1.165, 1.54) is 0 Å². The van der Waals surface area contributed by atoms with E-state index in [4.69, 9.17) is 31.9 Å². The Balaban J connectivity index is 1.70. The van der Waals surface area contributed by atoms with E-state index in [9.17, 15) is 4.89 Å². The van der Waals surface area contributed by atoms with Gasteiger partial charge in [0.1, 0.15) is 17.2 Å². The van der Waals surface area contributed by atoms with Crippen LogP contribution in [0.25, 0.3) is 0 Å². The molecule has 5 aromatic rings. The summed E-state index contributed by atoms with van der Waals surface area (Å²) in [5.41, 5.74) is 0. The fourth-order valence-electron chi connectivity index (χ4n) is 3.67. The first kappa shape index (κ1) is 31.1. The van der Waals surface area contributed by atoms with Crippen LogP contribution in [0.3, 0.4) is 0 Å². The van der Waals surface area contributed by atoms with Crippen molar-refractivity contribution >= 4 is 23.5 Å². The summed E-state index contributed by atoms with van der Waals surface area (Å²) in [6.45, 7) is 2.11. The van der Waals surface area contributed by atoms with E-state index < -0.39 is 23.5 Å². The summed E-state index contributed by atoms with van der Waals surface area (Å²) in [6, 6.07) is 45.0. The van der Waals surface area contributed by atoms with Crippen LogP contribution < -0.4 is 22.6 Å². The van der Waals surface area contributed by atoms with Crippen molar-refractivity contribution in [3.63, 3.8) is 0 Å². The molecule has 0 aliphatic heterocycles. The van der Waals surface area contributed by atoms with Crippen LogP contribution in [0.4, 0.5) is 0 Å². The molecule has 0 heterocycles. The van der Waals surface area contributed by atoms with Gasteiger partial charge < -0.3 is 18.5 Å². The lowest BCUT2D eigenvalue weighted by molar-refractivity contribution is 0.454. The lowest BCUT2D eigenvalue weighted by Crippen LogP contribution is -2.02. The number of hydrogen-bond acceptors (Lipinski definition) is 6. The minimum atomic E-state index is -4.21. The number of benzene rings is 5. The number of rotatable bonds is 13. The second kappa shape index (κ2) is 15.4.